The standard InChI is InChI=1S/C32H29FN8O2/c1-43-23-12-19(10-21(33)13-23)29-31-25(7-8-35-29)38-32(39-31)30-24-14-26(36-17-27(24)40-41-30)20-11-22(16-34-15-20)37-28(42)9-18-5-3-2-4-6-18/h7-8,10-18H,2-6,9H2,1H3,(H,37,42)(H,38,39)(H,40,41). The van der Waals surface area contributed by atoms with Gasteiger partial charge >= 0.3 is 0 Å². The molecule has 0 radical (unpaired) electrons. The number of nitrogens with one attached hydrogen (secondary N) is 3. The van der Waals surface area contributed by atoms with Crippen molar-refractivity contribution in [3.8, 4) is 39.8 Å². The van der Waals surface area contributed by atoms with Gasteiger partial charge in [-0.1, -0.05) is 19.3 Å². The molecule has 216 valence electrons. The average Bonchev–Trinajstić information content (AvgIpc) is 3.65. The second-order valence-corrected chi connectivity index (χ2v) is 10.9. The van der Waals surface area contributed by atoms with Crippen molar-refractivity contribution in [1.82, 2.24) is 35.1 Å². The number of methoxy groups -OCH3 is 1. The lowest BCUT2D eigenvalue weighted by Gasteiger charge is -2.20. The number of carbonyl (C=O) groups excluding carboxylic acids is 1. The van der Waals surface area contributed by atoms with Gasteiger partial charge in [-0.05, 0) is 49.1 Å². The minimum Gasteiger partial charge on any atom is -0.497 e. The van der Waals surface area contributed by atoms with Crippen LogP contribution >= 0.6 is 0 Å². The Kier molecular flexibility index (Phi) is 6.98. The van der Waals surface area contributed by atoms with Crippen molar-refractivity contribution in [2.45, 2.75) is 38.5 Å². The maximum absolute atomic E-state index is 14.3. The first-order valence-corrected chi connectivity index (χ1v) is 14.3. The normalized spacial score (nSPS) is 13.9. The summed E-state index contributed by atoms with van der Waals surface area (Å²) < 4.78 is 19.5. The Morgan fingerprint density at radius 2 is 1.88 bits per heavy atom. The number of nitrogens with zero attached hydrogens (tertiary/aromatic N) is 5. The van der Waals surface area contributed by atoms with E-state index >= 15 is 0 Å². The molecular weight excluding hydrogens is 547 g/mol. The summed E-state index contributed by atoms with van der Waals surface area (Å²) in [5.74, 6) is 0.963. The zero-order valence-corrected chi connectivity index (χ0v) is 23.5. The third kappa shape index (κ3) is 5.41. The molecule has 10 nitrogen and oxygen atoms in total. The molecule has 5 aromatic heterocycles. The maximum Gasteiger partial charge on any atom is 0.224 e. The Labute approximate surface area is 246 Å². The van der Waals surface area contributed by atoms with E-state index < -0.39 is 5.82 Å². The van der Waals surface area contributed by atoms with Crippen molar-refractivity contribution in [2.24, 2.45) is 5.92 Å². The van der Waals surface area contributed by atoms with E-state index in [1.54, 1.807) is 30.9 Å². The highest BCUT2D eigenvalue weighted by Gasteiger charge is 2.19. The SMILES string of the molecule is COc1cc(F)cc(-c2nccc3[nH]c(-c4n[nH]c5cnc(-c6cncc(NC(=O)CC7CCCCC7)c6)cc45)nc23)c1. The van der Waals surface area contributed by atoms with Gasteiger partial charge in [0.2, 0.25) is 5.91 Å². The second-order valence-electron chi connectivity index (χ2n) is 10.9. The predicted molar refractivity (Wildman–Crippen MR) is 162 cm³/mol. The van der Waals surface area contributed by atoms with Gasteiger partial charge in [0.25, 0.3) is 0 Å². The van der Waals surface area contributed by atoms with Crippen LogP contribution in [0.3, 0.4) is 0 Å². The number of pyridine rings is 3. The molecule has 1 amide bonds. The fourth-order valence-corrected chi connectivity index (χ4v) is 5.84. The Morgan fingerprint density at radius 3 is 2.74 bits per heavy atom. The molecule has 0 atom stereocenters. The minimum atomic E-state index is -0.426. The van der Waals surface area contributed by atoms with Crippen molar-refractivity contribution < 1.29 is 13.9 Å². The summed E-state index contributed by atoms with van der Waals surface area (Å²) in [5, 5.41) is 11.4. The number of ether oxygens (including phenoxy) is 1. The van der Waals surface area contributed by atoms with Crippen molar-refractivity contribution in [1.29, 1.82) is 0 Å². The van der Waals surface area contributed by atoms with Crippen molar-refractivity contribution in [2.75, 3.05) is 12.4 Å². The third-order valence-corrected chi connectivity index (χ3v) is 7.97. The Balaban J connectivity index is 1.20. The second kappa shape index (κ2) is 11.2. The molecule has 0 saturated heterocycles. The van der Waals surface area contributed by atoms with Gasteiger partial charge < -0.3 is 15.0 Å². The van der Waals surface area contributed by atoms with Crippen LogP contribution in [-0.4, -0.2) is 48.1 Å². The highest BCUT2D eigenvalue weighted by molar-refractivity contribution is 5.97. The summed E-state index contributed by atoms with van der Waals surface area (Å²) >= 11 is 0. The molecule has 0 bridgehead atoms. The first kappa shape index (κ1) is 26.7. The number of rotatable bonds is 7. The number of aromatic amines is 2. The molecule has 1 aliphatic carbocycles. The van der Waals surface area contributed by atoms with Crippen LogP contribution in [0, 0.1) is 11.7 Å². The van der Waals surface area contributed by atoms with Crippen LogP contribution < -0.4 is 10.1 Å². The molecule has 3 N–H and O–H groups in total. The predicted octanol–water partition coefficient (Wildman–Crippen LogP) is 6.68. The van der Waals surface area contributed by atoms with Crippen LogP contribution in [-0.2, 0) is 4.79 Å². The zero-order valence-electron chi connectivity index (χ0n) is 23.5. The van der Waals surface area contributed by atoms with Gasteiger partial charge in [-0.3, -0.25) is 24.8 Å². The minimum absolute atomic E-state index is 0.0156. The van der Waals surface area contributed by atoms with Crippen molar-refractivity contribution in [3.05, 3.63) is 67.0 Å². The lowest BCUT2D eigenvalue weighted by molar-refractivity contribution is -0.117. The molecule has 1 saturated carbocycles. The van der Waals surface area contributed by atoms with Crippen LogP contribution in [0.2, 0.25) is 0 Å². The smallest absolute Gasteiger partial charge is 0.224 e. The number of anilines is 1. The number of H-pyrrole nitrogens is 2. The van der Waals surface area contributed by atoms with Crippen LogP contribution in [0.15, 0.2) is 61.2 Å². The Morgan fingerprint density at radius 1 is 1.00 bits per heavy atom. The molecule has 6 aromatic rings. The number of aromatic nitrogens is 7. The monoisotopic (exact) mass is 576 g/mol. The van der Waals surface area contributed by atoms with Crippen LogP contribution in [0.4, 0.5) is 10.1 Å². The molecule has 1 aromatic carbocycles. The summed E-state index contributed by atoms with van der Waals surface area (Å²) in [6.07, 6.45) is 13.2. The number of imidazole rings is 1. The van der Waals surface area contributed by atoms with Gasteiger partial charge in [-0.2, -0.15) is 5.10 Å². The van der Waals surface area contributed by atoms with E-state index in [9.17, 15) is 9.18 Å². The summed E-state index contributed by atoms with van der Waals surface area (Å²) in [6, 6.07) is 10.1. The molecule has 1 fully saturated rings. The van der Waals surface area contributed by atoms with E-state index in [0.29, 0.717) is 57.8 Å². The van der Waals surface area contributed by atoms with E-state index in [1.165, 1.54) is 38.5 Å². The average molecular weight is 577 g/mol. The van der Waals surface area contributed by atoms with E-state index in [2.05, 4.69) is 35.5 Å². The highest BCUT2D eigenvalue weighted by Crippen LogP contribution is 2.33. The lowest BCUT2D eigenvalue weighted by Crippen LogP contribution is -2.18. The van der Waals surface area contributed by atoms with E-state index in [1.807, 2.05) is 18.2 Å². The van der Waals surface area contributed by atoms with E-state index in [4.69, 9.17) is 9.72 Å². The maximum atomic E-state index is 14.3. The van der Waals surface area contributed by atoms with Gasteiger partial charge in [0.15, 0.2) is 5.82 Å². The molecule has 0 unspecified atom stereocenters. The molecule has 11 heteroatoms. The molecule has 5 heterocycles. The lowest BCUT2D eigenvalue weighted by atomic mass is 9.87. The molecule has 43 heavy (non-hydrogen) atoms. The topological polar surface area (TPSA) is 134 Å². The molecule has 1 aliphatic rings. The van der Waals surface area contributed by atoms with Gasteiger partial charge in [-0.25, -0.2) is 9.37 Å². The first-order chi connectivity index (χ1) is 21.0. The third-order valence-electron chi connectivity index (χ3n) is 7.97. The summed E-state index contributed by atoms with van der Waals surface area (Å²) in [6.45, 7) is 0. The summed E-state index contributed by atoms with van der Waals surface area (Å²) in [5.41, 5.74) is 5.80. The van der Waals surface area contributed by atoms with Crippen molar-refractivity contribution in [3.63, 3.8) is 0 Å². The molecule has 0 spiro atoms. The largest absolute Gasteiger partial charge is 0.497 e. The number of hydrogen-bond acceptors (Lipinski definition) is 7. The van der Waals surface area contributed by atoms with E-state index in [0.717, 1.165) is 34.8 Å². The van der Waals surface area contributed by atoms with Crippen LogP contribution in [0.5, 0.6) is 5.75 Å². The number of halogens is 1. The molecule has 0 aliphatic heterocycles. The number of amides is 1. The molecular formula is C32H29FN8O2. The first-order valence-electron chi connectivity index (χ1n) is 14.3. The van der Waals surface area contributed by atoms with Gasteiger partial charge in [0.1, 0.15) is 22.8 Å². The fourth-order valence-electron chi connectivity index (χ4n) is 5.84. The van der Waals surface area contributed by atoms with Crippen LogP contribution in [0.25, 0.3) is 56.0 Å². The highest BCUT2D eigenvalue weighted by atomic mass is 19.1. The summed E-state index contributed by atoms with van der Waals surface area (Å²) in [4.78, 5) is 34.3. The fraction of sp³-hybridized carbons (Fsp3) is 0.250. The van der Waals surface area contributed by atoms with Gasteiger partial charge in [-0.15, -0.1) is 0 Å². The molecule has 7 rings (SSSR count). The quantitative estimate of drug-likeness (QED) is 0.193. The van der Waals surface area contributed by atoms with Crippen LogP contribution in [0.1, 0.15) is 38.5 Å². The number of fused-ring (bicyclic) bond motifs is 2. The number of benzene rings is 1. The van der Waals surface area contributed by atoms with Gasteiger partial charge in [0, 0.05) is 41.4 Å². The van der Waals surface area contributed by atoms with Crippen molar-refractivity contribution >= 4 is 33.5 Å². The van der Waals surface area contributed by atoms with E-state index in [-0.39, 0.29) is 5.91 Å². The number of hydrogen-bond donors (Lipinski definition) is 3. The summed E-state index contributed by atoms with van der Waals surface area (Å²) in [7, 11) is 1.49. The Hall–Kier alpha value is -5.19. The zero-order chi connectivity index (χ0) is 29.3. The number of carbonyl (C=O) groups is 1. The Bertz CT molecular complexity index is 1960. The van der Waals surface area contributed by atoms with Gasteiger partial charge in [0.05, 0.1) is 47.6 Å².